The van der Waals surface area contributed by atoms with Crippen LogP contribution in [0.1, 0.15) is 5.56 Å². The SMILES string of the molecule is Cc1cccc[c]1[Zn+].[Cl-]. The second-order valence-corrected chi connectivity index (χ2v) is 3.52. The third-order valence-corrected chi connectivity index (χ3v) is 2.93. The molecule has 0 N–H and O–H groups in total. The van der Waals surface area contributed by atoms with Gasteiger partial charge in [0.15, 0.2) is 0 Å². The van der Waals surface area contributed by atoms with E-state index in [9.17, 15) is 0 Å². The zero-order chi connectivity index (χ0) is 5.98. The molecule has 44 valence electrons. The van der Waals surface area contributed by atoms with Crippen molar-refractivity contribution in [2.75, 3.05) is 0 Å². The number of rotatable bonds is 0. The average Bonchev–Trinajstić information content (AvgIpc) is 1.77. The van der Waals surface area contributed by atoms with Crippen molar-refractivity contribution >= 4 is 4.16 Å². The van der Waals surface area contributed by atoms with Gasteiger partial charge in [0.2, 0.25) is 0 Å². The molecular weight excluding hydrogens is 185 g/mol. The van der Waals surface area contributed by atoms with Crippen LogP contribution < -0.4 is 16.6 Å². The molecule has 0 aliphatic carbocycles. The number of aryl methyl sites for hydroxylation is 1. The van der Waals surface area contributed by atoms with Gasteiger partial charge in [0, 0.05) is 0 Å². The molecule has 0 bridgehead atoms. The summed E-state index contributed by atoms with van der Waals surface area (Å²) in [4.78, 5) is 0. The predicted octanol–water partition coefficient (Wildman–Crippen LogP) is -1.83. The summed E-state index contributed by atoms with van der Waals surface area (Å²) in [7, 11) is 0. The van der Waals surface area contributed by atoms with Crippen LogP contribution in [0.2, 0.25) is 0 Å². The Morgan fingerprint density at radius 2 is 1.78 bits per heavy atom. The van der Waals surface area contributed by atoms with Crippen molar-refractivity contribution < 1.29 is 30.7 Å². The minimum Gasteiger partial charge on any atom is -1.00 e. The minimum atomic E-state index is 0. The Morgan fingerprint density at radius 3 is 2.11 bits per heavy atom. The van der Waals surface area contributed by atoms with Gasteiger partial charge in [-0.2, -0.15) is 0 Å². The van der Waals surface area contributed by atoms with Gasteiger partial charge in [0.05, 0.1) is 0 Å². The maximum Gasteiger partial charge on any atom is -1.00 e. The fraction of sp³-hybridized carbons (Fsp3) is 0.143. The summed E-state index contributed by atoms with van der Waals surface area (Å²) in [6, 6.07) is 8.49. The first-order chi connectivity index (χ1) is 3.80. The van der Waals surface area contributed by atoms with Crippen molar-refractivity contribution in [2.45, 2.75) is 6.92 Å². The van der Waals surface area contributed by atoms with Crippen LogP contribution in [-0.4, -0.2) is 0 Å². The quantitative estimate of drug-likeness (QED) is 0.424. The molecule has 0 amide bonds. The molecule has 0 aromatic heterocycles. The normalized spacial score (nSPS) is 8.33. The fourth-order valence-electron chi connectivity index (χ4n) is 0.610. The van der Waals surface area contributed by atoms with E-state index in [0.717, 1.165) is 0 Å². The maximum atomic E-state index is 2.18. The zero-order valence-corrected chi connectivity index (χ0v) is 9.12. The average molecular weight is 192 g/mol. The van der Waals surface area contributed by atoms with Gasteiger partial charge in [-0.15, -0.1) is 0 Å². The summed E-state index contributed by atoms with van der Waals surface area (Å²) >= 11 is 1.27. The Kier molecular flexibility index (Phi) is 4.09. The molecule has 0 heterocycles. The van der Waals surface area contributed by atoms with E-state index in [2.05, 4.69) is 31.2 Å². The van der Waals surface area contributed by atoms with Crippen molar-refractivity contribution in [3.8, 4) is 0 Å². The molecule has 9 heavy (non-hydrogen) atoms. The van der Waals surface area contributed by atoms with Crippen molar-refractivity contribution in [3.05, 3.63) is 29.8 Å². The molecule has 0 saturated heterocycles. The minimum absolute atomic E-state index is 0. The number of benzene rings is 1. The van der Waals surface area contributed by atoms with E-state index in [1.807, 2.05) is 0 Å². The third-order valence-electron chi connectivity index (χ3n) is 1.26. The van der Waals surface area contributed by atoms with Gasteiger partial charge in [0.1, 0.15) is 0 Å². The van der Waals surface area contributed by atoms with E-state index >= 15 is 0 Å². The molecule has 0 unspecified atom stereocenters. The smallest absolute Gasteiger partial charge is 1.00 e. The molecule has 0 aliphatic rings. The van der Waals surface area contributed by atoms with Crippen molar-refractivity contribution in [1.82, 2.24) is 0 Å². The van der Waals surface area contributed by atoms with E-state index in [1.54, 1.807) is 0 Å². The zero-order valence-electron chi connectivity index (χ0n) is 5.39. The van der Waals surface area contributed by atoms with Gasteiger partial charge in [-0.05, 0) is 0 Å². The summed E-state index contributed by atoms with van der Waals surface area (Å²) in [5.41, 5.74) is 1.42. The third kappa shape index (κ3) is 2.47. The van der Waals surface area contributed by atoms with E-state index < -0.39 is 0 Å². The topological polar surface area (TPSA) is 0 Å². The monoisotopic (exact) mass is 190 g/mol. The van der Waals surface area contributed by atoms with Crippen LogP contribution >= 0.6 is 0 Å². The van der Waals surface area contributed by atoms with Crippen LogP contribution in [0, 0.1) is 6.92 Å². The van der Waals surface area contributed by atoms with E-state index in [1.165, 1.54) is 28.0 Å². The summed E-state index contributed by atoms with van der Waals surface area (Å²) in [6.45, 7) is 2.15. The second-order valence-electron chi connectivity index (χ2n) is 1.93. The van der Waals surface area contributed by atoms with Crippen LogP contribution in [0.15, 0.2) is 24.3 Å². The standard InChI is InChI=1S/C7H7.ClH.Zn/c1-7-5-3-2-4-6-7;;/h2-5H,1H3;1H;/q;;+1/p-1. The molecule has 0 spiro atoms. The Balaban J connectivity index is 0.000000640. The number of hydrogen-bond donors (Lipinski definition) is 0. The second kappa shape index (κ2) is 4.03. The number of hydrogen-bond acceptors (Lipinski definition) is 0. The van der Waals surface area contributed by atoms with Crippen molar-refractivity contribution in [1.29, 1.82) is 0 Å². The summed E-state index contributed by atoms with van der Waals surface area (Å²) < 4.78 is 1.49. The van der Waals surface area contributed by atoms with Crippen molar-refractivity contribution in [3.63, 3.8) is 0 Å². The maximum absolute atomic E-state index is 2.18. The number of halogens is 1. The molecule has 0 atom stereocenters. The molecule has 1 aromatic carbocycles. The molecule has 0 saturated carbocycles. The predicted molar refractivity (Wildman–Crippen MR) is 30.8 cm³/mol. The largest absolute Gasteiger partial charge is 1.00 e. The van der Waals surface area contributed by atoms with E-state index in [0.29, 0.717) is 0 Å². The summed E-state index contributed by atoms with van der Waals surface area (Å²) in [5.74, 6) is 0. The summed E-state index contributed by atoms with van der Waals surface area (Å²) in [5, 5.41) is 0. The Bertz CT molecular complexity index is 165. The van der Waals surface area contributed by atoms with Gasteiger partial charge >= 0.3 is 59.2 Å². The van der Waals surface area contributed by atoms with Crippen molar-refractivity contribution in [2.24, 2.45) is 0 Å². The molecule has 1 rings (SSSR count). The Hall–Kier alpha value is 0.133. The molecule has 0 fully saturated rings. The van der Waals surface area contributed by atoms with Gasteiger partial charge in [-0.1, -0.05) is 0 Å². The molecule has 0 radical (unpaired) electrons. The van der Waals surface area contributed by atoms with Gasteiger partial charge < -0.3 is 12.4 Å². The van der Waals surface area contributed by atoms with E-state index in [4.69, 9.17) is 0 Å². The van der Waals surface area contributed by atoms with Crippen LogP contribution in [0.25, 0.3) is 0 Å². The van der Waals surface area contributed by atoms with Crippen LogP contribution in [0.3, 0.4) is 0 Å². The molecule has 2 heteroatoms. The summed E-state index contributed by atoms with van der Waals surface area (Å²) in [6.07, 6.45) is 0. The van der Waals surface area contributed by atoms with Gasteiger partial charge in [-0.3, -0.25) is 0 Å². The van der Waals surface area contributed by atoms with Gasteiger partial charge in [0.25, 0.3) is 0 Å². The first-order valence-corrected chi connectivity index (χ1v) is 4.16. The molecular formula is C7H7ClZn. The molecule has 0 aliphatic heterocycles. The van der Waals surface area contributed by atoms with Crippen LogP contribution in [0.5, 0.6) is 0 Å². The van der Waals surface area contributed by atoms with E-state index in [-0.39, 0.29) is 12.4 Å². The fourth-order valence-corrected chi connectivity index (χ4v) is 1.14. The first kappa shape index (κ1) is 9.13. The Labute approximate surface area is 71.7 Å². The van der Waals surface area contributed by atoms with Crippen LogP contribution in [-0.2, 0) is 18.3 Å². The molecule has 1 aromatic rings. The Morgan fingerprint density at radius 1 is 1.22 bits per heavy atom. The van der Waals surface area contributed by atoms with Gasteiger partial charge in [-0.25, -0.2) is 0 Å². The van der Waals surface area contributed by atoms with Crippen LogP contribution in [0.4, 0.5) is 0 Å². The molecule has 0 nitrogen and oxygen atoms in total. The first-order valence-electron chi connectivity index (χ1n) is 2.68.